The molecule has 0 fully saturated rings. The highest BCUT2D eigenvalue weighted by atomic mass is 16.5. The van der Waals surface area contributed by atoms with E-state index >= 15 is 0 Å². The molecule has 0 amide bonds. The van der Waals surface area contributed by atoms with Crippen LogP contribution in [0.2, 0.25) is 0 Å². The Labute approximate surface area is 95.2 Å². The number of benzene rings is 1. The number of ether oxygens (including phenoxy) is 1. The predicted molar refractivity (Wildman–Crippen MR) is 62.4 cm³/mol. The molecule has 1 aromatic rings. The molecule has 1 aliphatic rings. The number of carbonyl (C=O) groups is 1. The topological polar surface area (TPSA) is 26.3 Å². The number of allylic oxidation sites excluding steroid dienone is 3. The second-order valence-electron chi connectivity index (χ2n) is 3.55. The first-order valence-corrected chi connectivity index (χ1v) is 5.27. The van der Waals surface area contributed by atoms with Crippen LogP contribution < -0.4 is 0 Å². The van der Waals surface area contributed by atoms with E-state index < -0.39 is 0 Å². The summed E-state index contributed by atoms with van der Waals surface area (Å²) in [5.41, 5.74) is 1.64. The molecule has 2 heteroatoms. The molecule has 0 saturated carbocycles. The van der Waals surface area contributed by atoms with Crippen molar-refractivity contribution in [3.05, 3.63) is 66.1 Å². The number of carbonyl (C=O) groups excluding carboxylic acids is 1. The molecule has 1 aliphatic carbocycles. The number of hydrogen-bond donors (Lipinski definition) is 0. The maximum Gasteiger partial charge on any atom is 0.334 e. The minimum absolute atomic E-state index is 0.256. The van der Waals surface area contributed by atoms with Gasteiger partial charge in [-0.1, -0.05) is 48.6 Å². The minimum Gasteiger partial charge on any atom is -0.457 e. The first-order chi connectivity index (χ1) is 7.86. The maximum atomic E-state index is 11.6. The van der Waals surface area contributed by atoms with Gasteiger partial charge in [-0.3, -0.25) is 0 Å². The largest absolute Gasteiger partial charge is 0.457 e. The van der Waals surface area contributed by atoms with Crippen LogP contribution in [-0.4, -0.2) is 5.97 Å². The van der Waals surface area contributed by atoms with Gasteiger partial charge < -0.3 is 4.74 Å². The van der Waals surface area contributed by atoms with E-state index in [1.54, 1.807) is 6.08 Å². The number of rotatable bonds is 3. The third-order valence-corrected chi connectivity index (χ3v) is 2.33. The Morgan fingerprint density at radius 3 is 2.75 bits per heavy atom. The molecule has 0 unspecified atom stereocenters. The smallest absolute Gasteiger partial charge is 0.334 e. The molecule has 0 atom stereocenters. The lowest BCUT2D eigenvalue weighted by Crippen LogP contribution is -2.09. The summed E-state index contributed by atoms with van der Waals surface area (Å²) in [7, 11) is 0. The first kappa shape index (κ1) is 10.7. The van der Waals surface area contributed by atoms with Gasteiger partial charge in [-0.15, -0.1) is 0 Å². The summed E-state index contributed by atoms with van der Waals surface area (Å²) in [5, 5.41) is 0. The van der Waals surface area contributed by atoms with E-state index in [0.29, 0.717) is 12.2 Å². The van der Waals surface area contributed by atoms with Gasteiger partial charge in [-0.2, -0.15) is 0 Å². The van der Waals surface area contributed by atoms with Gasteiger partial charge in [0, 0.05) is 12.0 Å². The van der Waals surface area contributed by atoms with Crippen molar-refractivity contribution in [2.75, 3.05) is 0 Å². The quantitative estimate of drug-likeness (QED) is 0.722. The third kappa shape index (κ3) is 2.83. The van der Waals surface area contributed by atoms with Crippen molar-refractivity contribution >= 4 is 5.97 Å². The van der Waals surface area contributed by atoms with Crippen molar-refractivity contribution in [3.63, 3.8) is 0 Å². The van der Waals surface area contributed by atoms with Crippen LogP contribution in [0.15, 0.2) is 54.1 Å². The van der Waals surface area contributed by atoms with Crippen molar-refractivity contribution in [2.45, 2.75) is 13.0 Å². The maximum absolute atomic E-state index is 11.6. The molecule has 0 aromatic heterocycles. The molecule has 1 radical (unpaired) electrons. The second-order valence-corrected chi connectivity index (χ2v) is 3.55. The monoisotopic (exact) mass is 213 g/mol. The van der Waals surface area contributed by atoms with E-state index in [9.17, 15) is 4.79 Å². The lowest BCUT2D eigenvalue weighted by Gasteiger charge is -2.08. The van der Waals surface area contributed by atoms with E-state index in [-0.39, 0.29) is 5.97 Å². The van der Waals surface area contributed by atoms with Crippen LogP contribution in [0, 0.1) is 6.42 Å². The molecular weight excluding hydrogens is 200 g/mol. The van der Waals surface area contributed by atoms with E-state index in [1.165, 1.54) is 0 Å². The molecule has 81 valence electrons. The van der Waals surface area contributed by atoms with Crippen LogP contribution in [-0.2, 0) is 16.1 Å². The van der Waals surface area contributed by atoms with E-state index in [0.717, 1.165) is 12.0 Å². The van der Waals surface area contributed by atoms with Crippen LogP contribution in [0.25, 0.3) is 0 Å². The Morgan fingerprint density at radius 2 is 2.06 bits per heavy atom. The molecule has 0 spiro atoms. The highest BCUT2D eigenvalue weighted by Crippen LogP contribution is 2.13. The summed E-state index contributed by atoms with van der Waals surface area (Å²) >= 11 is 0. The van der Waals surface area contributed by atoms with Gasteiger partial charge >= 0.3 is 5.97 Å². The molecule has 1 aromatic carbocycles. The van der Waals surface area contributed by atoms with Crippen molar-refractivity contribution < 1.29 is 9.53 Å². The molecule has 2 rings (SSSR count). The van der Waals surface area contributed by atoms with Gasteiger partial charge in [0.25, 0.3) is 0 Å². The van der Waals surface area contributed by atoms with Gasteiger partial charge in [-0.25, -0.2) is 4.79 Å². The zero-order valence-corrected chi connectivity index (χ0v) is 8.93. The second kappa shape index (κ2) is 5.31. The molecule has 0 N–H and O–H groups in total. The molecule has 0 bridgehead atoms. The van der Waals surface area contributed by atoms with Crippen molar-refractivity contribution in [3.8, 4) is 0 Å². The Balaban J connectivity index is 1.89. The molecule has 0 heterocycles. The third-order valence-electron chi connectivity index (χ3n) is 2.33. The average molecular weight is 213 g/mol. The van der Waals surface area contributed by atoms with Gasteiger partial charge in [0.05, 0.1) is 0 Å². The van der Waals surface area contributed by atoms with E-state index in [1.807, 2.05) is 48.9 Å². The van der Waals surface area contributed by atoms with Gasteiger partial charge in [0.2, 0.25) is 0 Å². The van der Waals surface area contributed by atoms with Crippen LogP contribution in [0.4, 0.5) is 0 Å². The molecule has 2 nitrogen and oxygen atoms in total. The summed E-state index contributed by atoms with van der Waals surface area (Å²) in [6.07, 6.45) is 8.31. The zero-order chi connectivity index (χ0) is 11.2. The molecule has 0 saturated heterocycles. The summed E-state index contributed by atoms with van der Waals surface area (Å²) in [5.74, 6) is -0.256. The summed E-state index contributed by atoms with van der Waals surface area (Å²) in [4.78, 5) is 11.6. The highest BCUT2D eigenvalue weighted by Gasteiger charge is 2.11. The fraction of sp³-hybridized carbons (Fsp3) is 0.143. The highest BCUT2D eigenvalue weighted by molar-refractivity contribution is 5.91. The van der Waals surface area contributed by atoms with Crippen LogP contribution in [0.3, 0.4) is 0 Å². The van der Waals surface area contributed by atoms with Crippen LogP contribution in [0.5, 0.6) is 0 Å². The summed E-state index contributed by atoms with van der Waals surface area (Å²) < 4.78 is 5.20. The lowest BCUT2D eigenvalue weighted by molar-refractivity contribution is -0.140. The van der Waals surface area contributed by atoms with E-state index in [2.05, 4.69) is 0 Å². The lowest BCUT2D eigenvalue weighted by atomic mass is 10.1. The van der Waals surface area contributed by atoms with Crippen LogP contribution >= 0.6 is 0 Å². The molecule has 16 heavy (non-hydrogen) atoms. The number of esters is 1. The van der Waals surface area contributed by atoms with Crippen molar-refractivity contribution in [1.82, 2.24) is 0 Å². The molecular formula is C14H13O2. The van der Waals surface area contributed by atoms with Crippen molar-refractivity contribution in [1.29, 1.82) is 0 Å². The van der Waals surface area contributed by atoms with Crippen molar-refractivity contribution in [2.24, 2.45) is 0 Å². The van der Waals surface area contributed by atoms with Gasteiger partial charge in [0.1, 0.15) is 6.61 Å². The fourth-order valence-corrected chi connectivity index (χ4v) is 1.47. The van der Waals surface area contributed by atoms with Gasteiger partial charge in [0.15, 0.2) is 0 Å². The zero-order valence-electron chi connectivity index (χ0n) is 8.93. The Bertz CT molecular complexity index is 416. The average Bonchev–Trinajstić information content (AvgIpc) is 2.38. The molecule has 0 aliphatic heterocycles. The number of hydrogen-bond acceptors (Lipinski definition) is 2. The van der Waals surface area contributed by atoms with E-state index in [4.69, 9.17) is 4.74 Å². The minimum atomic E-state index is -0.256. The Morgan fingerprint density at radius 1 is 1.25 bits per heavy atom. The normalized spacial score (nSPS) is 14.4. The summed E-state index contributed by atoms with van der Waals surface area (Å²) in [6, 6.07) is 9.67. The van der Waals surface area contributed by atoms with Gasteiger partial charge in [-0.05, 0) is 12.0 Å². The van der Waals surface area contributed by atoms with Crippen LogP contribution in [0.1, 0.15) is 12.0 Å². The Hall–Kier alpha value is -1.83. The fourth-order valence-electron chi connectivity index (χ4n) is 1.47. The first-order valence-electron chi connectivity index (χ1n) is 5.27. The summed E-state index contributed by atoms with van der Waals surface area (Å²) in [6.45, 7) is 0.328. The standard InChI is InChI=1S/C14H13O2/c15-14(13-9-5-2-6-10-13)16-11-12-7-3-1-4-8-12/h1-5,7-10H,6,11H2. The Kier molecular flexibility index (Phi) is 3.54. The predicted octanol–water partition coefficient (Wildman–Crippen LogP) is 2.82. The SMILES string of the molecule is O=C(OCc1ccccc1)C1=CC=CC[CH]1.